The first-order chi connectivity index (χ1) is 17.0. The van der Waals surface area contributed by atoms with Gasteiger partial charge in [0.1, 0.15) is 23.8 Å². The molecular formula is C27H34N4O4. The molecule has 1 amide bonds. The topological polar surface area (TPSA) is 77.8 Å². The molecule has 0 atom stereocenters. The monoisotopic (exact) mass is 478 g/mol. The van der Waals surface area contributed by atoms with E-state index in [2.05, 4.69) is 22.4 Å². The molecule has 1 aliphatic heterocycles. The average molecular weight is 479 g/mol. The molecule has 1 aliphatic rings. The Balaban J connectivity index is 1.29. The first-order valence-electron chi connectivity index (χ1n) is 12.0. The molecule has 35 heavy (non-hydrogen) atoms. The third kappa shape index (κ3) is 6.61. The number of rotatable bonds is 10. The van der Waals surface area contributed by atoms with Gasteiger partial charge in [0.25, 0.3) is 5.91 Å². The highest BCUT2D eigenvalue weighted by molar-refractivity contribution is 5.92. The normalized spacial score (nSPS) is 14.2. The Kier molecular flexibility index (Phi) is 8.39. The van der Waals surface area contributed by atoms with Crippen LogP contribution >= 0.6 is 0 Å². The Bertz CT molecular complexity index is 1120. The third-order valence-electron chi connectivity index (χ3n) is 6.28. The fourth-order valence-electron chi connectivity index (χ4n) is 4.19. The molecule has 0 spiro atoms. The molecule has 0 saturated carbocycles. The minimum atomic E-state index is -0.236. The fraction of sp³-hybridized carbons (Fsp3) is 0.407. The molecule has 1 saturated heterocycles. The van der Waals surface area contributed by atoms with Crippen LogP contribution in [-0.2, 0) is 11.3 Å². The first-order valence-corrected chi connectivity index (χ1v) is 12.0. The maximum atomic E-state index is 12.7. The molecule has 1 aromatic heterocycles. The fourth-order valence-corrected chi connectivity index (χ4v) is 4.19. The summed E-state index contributed by atoms with van der Waals surface area (Å²) in [6.07, 6.45) is 3.91. The molecule has 1 fully saturated rings. The van der Waals surface area contributed by atoms with Gasteiger partial charge >= 0.3 is 0 Å². The van der Waals surface area contributed by atoms with Crippen molar-refractivity contribution in [2.75, 3.05) is 40.5 Å². The number of hydrogen-bond donors (Lipinski definition) is 1. The Hall–Kier alpha value is -3.36. The van der Waals surface area contributed by atoms with Gasteiger partial charge in [0, 0.05) is 38.5 Å². The Morgan fingerprint density at radius 2 is 2.03 bits per heavy atom. The van der Waals surface area contributed by atoms with Gasteiger partial charge in [-0.25, -0.2) is 4.68 Å². The van der Waals surface area contributed by atoms with E-state index in [1.54, 1.807) is 24.1 Å². The molecule has 4 rings (SSSR count). The number of likely N-dealkylation sites (N-methyl/N-ethyl adjacent to an activating group) is 1. The highest BCUT2D eigenvalue weighted by Crippen LogP contribution is 2.23. The summed E-state index contributed by atoms with van der Waals surface area (Å²) in [6.45, 7) is 5.54. The average Bonchev–Trinajstić information content (AvgIpc) is 3.38. The maximum Gasteiger partial charge on any atom is 0.272 e. The van der Waals surface area contributed by atoms with Crippen molar-refractivity contribution in [3.8, 4) is 17.2 Å². The lowest BCUT2D eigenvalue weighted by Crippen LogP contribution is -2.38. The van der Waals surface area contributed by atoms with Crippen molar-refractivity contribution in [1.29, 1.82) is 0 Å². The summed E-state index contributed by atoms with van der Waals surface area (Å²) in [5, 5.41) is 7.39. The van der Waals surface area contributed by atoms with Gasteiger partial charge in [-0.3, -0.25) is 9.69 Å². The summed E-state index contributed by atoms with van der Waals surface area (Å²) in [5.74, 6) is 1.26. The van der Waals surface area contributed by atoms with Crippen LogP contribution in [0.1, 0.15) is 34.5 Å². The van der Waals surface area contributed by atoms with Crippen molar-refractivity contribution in [3.63, 3.8) is 0 Å². The zero-order valence-corrected chi connectivity index (χ0v) is 20.7. The van der Waals surface area contributed by atoms with E-state index in [-0.39, 0.29) is 5.91 Å². The molecule has 0 radical (unpaired) electrons. The Morgan fingerprint density at radius 1 is 1.20 bits per heavy atom. The lowest BCUT2D eigenvalue weighted by Gasteiger charge is -2.31. The molecule has 2 aromatic carbocycles. The molecule has 2 heterocycles. The van der Waals surface area contributed by atoms with E-state index < -0.39 is 0 Å². The van der Waals surface area contributed by atoms with Gasteiger partial charge in [-0.05, 0) is 68.3 Å². The second kappa shape index (κ2) is 11.9. The van der Waals surface area contributed by atoms with Crippen molar-refractivity contribution in [2.24, 2.45) is 0 Å². The summed E-state index contributed by atoms with van der Waals surface area (Å²) < 4.78 is 18.5. The lowest BCUT2D eigenvalue weighted by molar-refractivity contribution is 0.0392. The number of nitrogens with zero attached hydrogens (tertiary/aromatic N) is 3. The van der Waals surface area contributed by atoms with E-state index >= 15 is 0 Å². The Morgan fingerprint density at radius 3 is 2.83 bits per heavy atom. The van der Waals surface area contributed by atoms with Crippen molar-refractivity contribution in [2.45, 2.75) is 32.4 Å². The molecular weight excluding hydrogens is 444 g/mol. The number of methoxy groups -OCH3 is 1. The zero-order valence-electron chi connectivity index (χ0n) is 20.7. The molecule has 1 N–H and O–H groups in total. The number of carbonyl (C=O) groups is 1. The van der Waals surface area contributed by atoms with Gasteiger partial charge in [0.2, 0.25) is 0 Å². The van der Waals surface area contributed by atoms with E-state index in [4.69, 9.17) is 14.2 Å². The SMILES string of the molecule is COc1ccc(C)cc1-n1ccc(C(=O)NCc2cccc(OCCN(C)C3CCOCC3)c2)n1. The predicted octanol–water partition coefficient (Wildman–Crippen LogP) is 3.61. The van der Waals surface area contributed by atoms with Gasteiger partial charge in [0.05, 0.1) is 7.11 Å². The van der Waals surface area contributed by atoms with E-state index in [1.165, 1.54) is 0 Å². The van der Waals surface area contributed by atoms with E-state index in [0.717, 1.165) is 55.2 Å². The van der Waals surface area contributed by atoms with E-state index in [1.807, 2.05) is 49.4 Å². The lowest BCUT2D eigenvalue weighted by atomic mass is 10.1. The van der Waals surface area contributed by atoms with Gasteiger partial charge in [-0.2, -0.15) is 5.10 Å². The van der Waals surface area contributed by atoms with Gasteiger partial charge < -0.3 is 19.5 Å². The number of aromatic nitrogens is 2. The summed E-state index contributed by atoms with van der Waals surface area (Å²) in [4.78, 5) is 15.0. The second-order valence-corrected chi connectivity index (χ2v) is 8.82. The minimum absolute atomic E-state index is 0.236. The van der Waals surface area contributed by atoms with Crippen molar-refractivity contribution < 1.29 is 19.0 Å². The summed E-state index contributed by atoms with van der Waals surface area (Å²) in [7, 11) is 3.76. The second-order valence-electron chi connectivity index (χ2n) is 8.82. The summed E-state index contributed by atoms with van der Waals surface area (Å²) >= 11 is 0. The smallest absolute Gasteiger partial charge is 0.272 e. The van der Waals surface area contributed by atoms with Gasteiger partial charge in [0.15, 0.2) is 5.69 Å². The third-order valence-corrected chi connectivity index (χ3v) is 6.28. The highest BCUT2D eigenvalue weighted by atomic mass is 16.5. The molecule has 0 bridgehead atoms. The van der Waals surface area contributed by atoms with Crippen LogP contribution in [-0.4, -0.2) is 67.2 Å². The van der Waals surface area contributed by atoms with Crippen LogP contribution in [0.5, 0.6) is 11.5 Å². The maximum absolute atomic E-state index is 12.7. The molecule has 186 valence electrons. The van der Waals surface area contributed by atoms with Crippen LogP contribution < -0.4 is 14.8 Å². The molecule has 8 heteroatoms. The molecule has 3 aromatic rings. The molecule has 0 aliphatic carbocycles. The number of carbonyl (C=O) groups excluding carboxylic acids is 1. The van der Waals surface area contributed by atoms with E-state index in [9.17, 15) is 4.79 Å². The van der Waals surface area contributed by atoms with Gasteiger partial charge in [-0.1, -0.05) is 18.2 Å². The van der Waals surface area contributed by atoms with E-state index in [0.29, 0.717) is 30.6 Å². The quantitative estimate of drug-likeness (QED) is 0.480. The van der Waals surface area contributed by atoms with Crippen LogP contribution in [0.4, 0.5) is 0 Å². The molecule has 0 unspecified atom stereocenters. The van der Waals surface area contributed by atoms with Crippen LogP contribution in [0.3, 0.4) is 0 Å². The minimum Gasteiger partial charge on any atom is -0.494 e. The molecule has 8 nitrogen and oxygen atoms in total. The van der Waals surface area contributed by atoms with Crippen LogP contribution in [0.15, 0.2) is 54.7 Å². The highest BCUT2D eigenvalue weighted by Gasteiger charge is 2.18. The van der Waals surface area contributed by atoms with Crippen molar-refractivity contribution >= 4 is 5.91 Å². The number of aryl methyl sites for hydroxylation is 1. The first kappa shape index (κ1) is 24.8. The van der Waals surface area contributed by atoms with Crippen molar-refractivity contribution in [3.05, 3.63) is 71.5 Å². The summed E-state index contributed by atoms with van der Waals surface area (Å²) in [6, 6.07) is 15.9. The van der Waals surface area contributed by atoms with Crippen LogP contribution in [0.25, 0.3) is 5.69 Å². The summed E-state index contributed by atoms with van der Waals surface area (Å²) in [5.41, 5.74) is 3.18. The largest absolute Gasteiger partial charge is 0.494 e. The predicted molar refractivity (Wildman–Crippen MR) is 134 cm³/mol. The zero-order chi connectivity index (χ0) is 24.6. The van der Waals surface area contributed by atoms with Crippen LogP contribution in [0.2, 0.25) is 0 Å². The number of ether oxygens (including phenoxy) is 3. The Labute approximate surface area is 206 Å². The number of amides is 1. The number of nitrogens with one attached hydrogen (secondary N) is 1. The standard InChI is InChI=1S/C27H34N4O4/c1-20-7-8-26(33-3)25(17-20)31-12-9-24(29-31)27(32)28-19-21-5-4-6-23(18-21)35-16-13-30(2)22-10-14-34-15-11-22/h4-9,12,17-18,22H,10-11,13-16,19H2,1-3H3,(H,28,32). The van der Waals surface area contributed by atoms with Gasteiger partial charge in [-0.15, -0.1) is 0 Å². The van der Waals surface area contributed by atoms with Crippen molar-refractivity contribution in [1.82, 2.24) is 20.0 Å². The van der Waals surface area contributed by atoms with Crippen LogP contribution in [0, 0.1) is 6.92 Å². The number of benzene rings is 2. The number of hydrogen-bond acceptors (Lipinski definition) is 6.